The van der Waals surface area contributed by atoms with Crippen LogP contribution in [0.3, 0.4) is 0 Å². The summed E-state index contributed by atoms with van der Waals surface area (Å²) in [4.78, 5) is 11.4. The van der Waals surface area contributed by atoms with E-state index in [0.29, 0.717) is 18.5 Å². The molecule has 0 spiro atoms. The van der Waals surface area contributed by atoms with Crippen LogP contribution in [-0.2, 0) is 0 Å². The molecular formula is C14H22N4O. The van der Waals surface area contributed by atoms with Gasteiger partial charge < -0.3 is 15.0 Å². The fraction of sp³-hybridized carbons (Fsp3) is 0.714. The number of piperidine rings is 1. The first-order valence-corrected chi connectivity index (χ1v) is 7.23. The molecule has 5 nitrogen and oxygen atoms in total. The van der Waals surface area contributed by atoms with E-state index in [4.69, 9.17) is 4.74 Å². The number of ether oxygens (including phenoxy) is 1. The molecule has 2 saturated heterocycles. The maximum absolute atomic E-state index is 5.54. The molecule has 0 radical (unpaired) electrons. The number of hydrogen-bond acceptors (Lipinski definition) is 5. The molecule has 104 valence electrons. The maximum atomic E-state index is 5.54. The van der Waals surface area contributed by atoms with Crippen molar-refractivity contribution in [1.29, 1.82) is 0 Å². The van der Waals surface area contributed by atoms with E-state index in [1.54, 1.807) is 0 Å². The van der Waals surface area contributed by atoms with Gasteiger partial charge in [-0.3, -0.25) is 0 Å². The van der Waals surface area contributed by atoms with Gasteiger partial charge in [0.15, 0.2) is 0 Å². The summed E-state index contributed by atoms with van der Waals surface area (Å²) in [5.41, 5.74) is 0. The van der Waals surface area contributed by atoms with Crippen LogP contribution in [0.15, 0.2) is 6.07 Å². The van der Waals surface area contributed by atoms with Crippen molar-refractivity contribution in [3.63, 3.8) is 0 Å². The molecule has 0 saturated carbocycles. The van der Waals surface area contributed by atoms with Gasteiger partial charge in [0.2, 0.25) is 5.88 Å². The van der Waals surface area contributed by atoms with Crippen molar-refractivity contribution in [2.45, 2.75) is 32.7 Å². The second kappa shape index (κ2) is 5.33. The average molecular weight is 262 g/mol. The second-order valence-electron chi connectivity index (χ2n) is 5.37. The molecule has 2 unspecified atom stereocenters. The SMILES string of the molecule is CCOc1cc(N2CCCC3CNCC32)nc(C)n1. The number of nitrogens with one attached hydrogen (secondary N) is 1. The van der Waals surface area contributed by atoms with Gasteiger partial charge in [-0.15, -0.1) is 0 Å². The van der Waals surface area contributed by atoms with Gasteiger partial charge in [0, 0.05) is 31.7 Å². The summed E-state index contributed by atoms with van der Waals surface area (Å²) >= 11 is 0. The first-order chi connectivity index (χ1) is 9.28. The smallest absolute Gasteiger partial charge is 0.218 e. The third-order valence-corrected chi connectivity index (χ3v) is 4.07. The summed E-state index contributed by atoms with van der Waals surface area (Å²) < 4.78 is 5.54. The molecule has 0 bridgehead atoms. The summed E-state index contributed by atoms with van der Waals surface area (Å²) in [6.07, 6.45) is 2.58. The molecule has 3 heterocycles. The molecule has 1 aromatic rings. The molecule has 3 rings (SSSR count). The summed E-state index contributed by atoms with van der Waals surface area (Å²) in [7, 11) is 0. The van der Waals surface area contributed by atoms with E-state index in [0.717, 1.165) is 37.2 Å². The van der Waals surface area contributed by atoms with Gasteiger partial charge in [0.25, 0.3) is 0 Å². The Hall–Kier alpha value is -1.36. The van der Waals surface area contributed by atoms with Gasteiger partial charge in [-0.05, 0) is 32.6 Å². The van der Waals surface area contributed by atoms with Crippen LogP contribution in [0.5, 0.6) is 5.88 Å². The Morgan fingerprint density at radius 2 is 2.32 bits per heavy atom. The third-order valence-electron chi connectivity index (χ3n) is 4.07. The Kier molecular flexibility index (Phi) is 3.55. The van der Waals surface area contributed by atoms with E-state index in [1.165, 1.54) is 12.8 Å². The quantitative estimate of drug-likeness (QED) is 0.891. The minimum absolute atomic E-state index is 0.581. The number of hydrogen-bond donors (Lipinski definition) is 1. The highest BCUT2D eigenvalue weighted by atomic mass is 16.5. The van der Waals surface area contributed by atoms with Crippen LogP contribution in [-0.4, -0.2) is 42.3 Å². The Balaban J connectivity index is 1.87. The van der Waals surface area contributed by atoms with Gasteiger partial charge >= 0.3 is 0 Å². The number of anilines is 1. The Bertz CT molecular complexity index is 451. The Morgan fingerprint density at radius 3 is 3.16 bits per heavy atom. The van der Waals surface area contributed by atoms with Crippen LogP contribution in [0, 0.1) is 12.8 Å². The Morgan fingerprint density at radius 1 is 1.42 bits per heavy atom. The number of rotatable bonds is 3. The zero-order valence-corrected chi connectivity index (χ0v) is 11.7. The second-order valence-corrected chi connectivity index (χ2v) is 5.37. The molecule has 2 aliphatic rings. The van der Waals surface area contributed by atoms with E-state index >= 15 is 0 Å². The van der Waals surface area contributed by atoms with Crippen LogP contribution in [0.4, 0.5) is 5.82 Å². The van der Waals surface area contributed by atoms with Crippen molar-refractivity contribution < 1.29 is 4.74 Å². The van der Waals surface area contributed by atoms with Crippen LogP contribution >= 0.6 is 0 Å². The van der Waals surface area contributed by atoms with E-state index in [9.17, 15) is 0 Å². The lowest BCUT2D eigenvalue weighted by atomic mass is 9.92. The fourth-order valence-corrected chi connectivity index (χ4v) is 3.25. The highest BCUT2D eigenvalue weighted by molar-refractivity contribution is 5.44. The number of nitrogens with zero attached hydrogens (tertiary/aromatic N) is 3. The molecular weight excluding hydrogens is 240 g/mol. The minimum atomic E-state index is 0.581. The molecule has 0 aromatic carbocycles. The highest BCUT2D eigenvalue weighted by Gasteiger charge is 2.35. The van der Waals surface area contributed by atoms with Crippen LogP contribution in [0.2, 0.25) is 0 Å². The standard InChI is InChI=1S/C14H22N4O/c1-3-19-14-7-13(16-10(2)17-14)18-6-4-5-11-8-15-9-12(11)18/h7,11-12,15H,3-6,8-9H2,1-2H3. The van der Waals surface area contributed by atoms with E-state index in [2.05, 4.69) is 20.2 Å². The Labute approximate surface area is 114 Å². The monoisotopic (exact) mass is 262 g/mol. The summed E-state index contributed by atoms with van der Waals surface area (Å²) in [6.45, 7) is 7.85. The van der Waals surface area contributed by atoms with Crippen molar-refractivity contribution in [3.05, 3.63) is 11.9 Å². The summed E-state index contributed by atoms with van der Waals surface area (Å²) in [5.74, 6) is 3.26. The van der Waals surface area contributed by atoms with E-state index in [-0.39, 0.29) is 0 Å². The van der Waals surface area contributed by atoms with Gasteiger partial charge in [0.1, 0.15) is 11.6 Å². The minimum Gasteiger partial charge on any atom is -0.478 e. The normalized spacial score (nSPS) is 26.3. The summed E-state index contributed by atoms with van der Waals surface area (Å²) in [6, 6.07) is 2.56. The predicted octanol–water partition coefficient (Wildman–Crippen LogP) is 1.37. The fourth-order valence-electron chi connectivity index (χ4n) is 3.25. The average Bonchev–Trinajstić information content (AvgIpc) is 2.86. The van der Waals surface area contributed by atoms with Crippen molar-refractivity contribution in [1.82, 2.24) is 15.3 Å². The first kappa shape index (κ1) is 12.7. The van der Waals surface area contributed by atoms with Crippen LogP contribution in [0.25, 0.3) is 0 Å². The van der Waals surface area contributed by atoms with E-state index in [1.807, 2.05) is 19.9 Å². The molecule has 2 fully saturated rings. The first-order valence-electron chi connectivity index (χ1n) is 7.23. The molecule has 2 atom stereocenters. The topological polar surface area (TPSA) is 50.3 Å². The lowest BCUT2D eigenvalue weighted by Gasteiger charge is -2.38. The molecule has 1 aromatic heterocycles. The number of fused-ring (bicyclic) bond motifs is 1. The highest BCUT2D eigenvalue weighted by Crippen LogP contribution is 2.31. The molecule has 0 amide bonds. The third kappa shape index (κ3) is 2.52. The van der Waals surface area contributed by atoms with E-state index < -0.39 is 0 Å². The maximum Gasteiger partial charge on any atom is 0.218 e. The van der Waals surface area contributed by atoms with Gasteiger partial charge in [-0.25, -0.2) is 4.98 Å². The number of aromatic nitrogens is 2. The van der Waals surface area contributed by atoms with Gasteiger partial charge in [-0.2, -0.15) is 4.98 Å². The largest absolute Gasteiger partial charge is 0.478 e. The zero-order valence-electron chi connectivity index (χ0n) is 11.7. The molecule has 5 heteroatoms. The molecule has 1 N–H and O–H groups in total. The lowest BCUT2D eigenvalue weighted by Crippen LogP contribution is -2.45. The zero-order chi connectivity index (χ0) is 13.2. The molecule has 2 aliphatic heterocycles. The van der Waals surface area contributed by atoms with Crippen molar-refractivity contribution in [3.8, 4) is 5.88 Å². The lowest BCUT2D eigenvalue weighted by molar-refractivity contribution is 0.324. The van der Waals surface area contributed by atoms with Crippen molar-refractivity contribution in [2.75, 3.05) is 31.1 Å². The van der Waals surface area contributed by atoms with Crippen LogP contribution < -0.4 is 15.0 Å². The molecule has 0 aliphatic carbocycles. The predicted molar refractivity (Wildman–Crippen MR) is 74.7 cm³/mol. The molecule has 19 heavy (non-hydrogen) atoms. The van der Waals surface area contributed by atoms with Gasteiger partial charge in [0.05, 0.1) is 6.61 Å². The number of aryl methyl sites for hydroxylation is 1. The van der Waals surface area contributed by atoms with Crippen molar-refractivity contribution >= 4 is 5.82 Å². The van der Waals surface area contributed by atoms with Crippen LogP contribution in [0.1, 0.15) is 25.6 Å². The van der Waals surface area contributed by atoms with Crippen molar-refractivity contribution in [2.24, 2.45) is 5.92 Å². The summed E-state index contributed by atoms with van der Waals surface area (Å²) in [5, 5.41) is 3.50. The van der Waals surface area contributed by atoms with Gasteiger partial charge in [-0.1, -0.05) is 0 Å².